The van der Waals surface area contributed by atoms with Crippen molar-refractivity contribution in [3.8, 4) is 0 Å². The molecule has 0 amide bonds. The molecule has 0 fully saturated rings. The van der Waals surface area contributed by atoms with E-state index in [1.54, 1.807) is 13.8 Å². The van der Waals surface area contributed by atoms with Gasteiger partial charge in [0.2, 0.25) is 0 Å². The number of carboxylic acids is 1. The number of nitrogens with one attached hydrogen (secondary N) is 2. The molecule has 1 rings (SSSR count). The maximum Gasteiger partial charge on any atom is 0.335 e. The summed E-state index contributed by atoms with van der Waals surface area (Å²) in [7, 11) is -3.61. The fourth-order valence-corrected chi connectivity index (χ4v) is 2.30. The molecular formula is C10H14N2O4S. The van der Waals surface area contributed by atoms with Gasteiger partial charge in [-0.25, -0.2) is 4.79 Å². The summed E-state index contributed by atoms with van der Waals surface area (Å²) in [5.41, 5.74) is 0.410. The minimum absolute atomic E-state index is 0.102. The number of rotatable bonds is 5. The molecule has 0 atom stereocenters. The Labute approximate surface area is 99.8 Å². The van der Waals surface area contributed by atoms with Gasteiger partial charge in [-0.05, 0) is 38.1 Å². The predicted octanol–water partition coefficient (Wildman–Crippen LogP) is 1.04. The molecule has 0 saturated carbocycles. The molecule has 1 aromatic carbocycles. The Kier molecular flexibility index (Phi) is 4.08. The summed E-state index contributed by atoms with van der Waals surface area (Å²) in [4.78, 5) is 10.6. The van der Waals surface area contributed by atoms with Crippen LogP contribution in [0.1, 0.15) is 24.2 Å². The van der Waals surface area contributed by atoms with Gasteiger partial charge < -0.3 is 5.11 Å². The highest BCUT2D eigenvalue weighted by molar-refractivity contribution is 7.90. The highest BCUT2D eigenvalue weighted by Crippen LogP contribution is 2.10. The van der Waals surface area contributed by atoms with Gasteiger partial charge in [0.25, 0.3) is 10.2 Å². The minimum Gasteiger partial charge on any atom is -0.478 e. The maximum atomic E-state index is 11.5. The lowest BCUT2D eigenvalue weighted by molar-refractivity contribution is 0.0697. The van der Waals surface area contributed by atoms with Crippen molar-refractivity contribution < 1.29 is 18.3 Å². The zero-order chi connectivity index (χ0) is 13.1. The van der Waals surface area contributed by atoms with Crippen molar-refractivity contribution >= 4 is 21.9 Å². The van der Waals surface area contributed by atoms with Gasteiger partial charge in [-0.3, -0.25) is 4.72 Å². The van der Waals surface area contributed by atoms with Crippen molar-refractivity contribution in [2.75, 3.05) is 4.72 Å². The van der Waals surface area contributed by atoms with E-state index in [4.69, 9.17) is 5.11 Å². The van der Waals surface area contributed by atoms with Gasteiger partial charge in [-0.2, -0.15) is 13.1 Å². The van der Waals surface area contributed by atoms with E-state index in [0.717, 1.165) is 0 Å². The Hall–Kier alpha value is -1.60. The molecule has 0 aliphatic heterocycles. The lowest BCUT2D eigenvalue weighted by Crippen LogP contribution is -2.35. The Morgan fingerprint density at radius 1 is 1.24 bits per heavy atom. The van der Waals surface area contributed by atoms with E-state index in [0.29, 0.717) is 5.69 Å². The SMILES string of the molecule is CC(C)NS(=O)(=O)Nc1ccc(C(=O)O)cc1. The number of benzene rings is 1. The molecule has 0 spiro atoms. The van der Waals surface area contributed by atoms with Crippen LogP contribution in [0.5, 0.6) is 0 Å². The molecule has 0 bridgehead atoms. The van der Waals surface area contributed by atoms with E-state index in [1.807, 2.05) is 0 Å². The number of anilines is 1. The number of aromatic carboxylic acids is 1. The fourth-order valence-electron chi connectivity index (χ4n) is 1.18. The predicted molar refractivity (Wildman–Crippen MR) is 64.2 cm³/mol. The van der Waals surface area contributed by atoms with Crippen molar-refractivity contribution in [2.45, 2.75) is 19.9 Å². The molecule has 1 aromatic rings. The van der Waals surface area contributed by atoms with E-state index < -0.39 is 16.2 Å². The Morgan fingerprint density at radius 3 is 2.18 bits per heavy atom. The third kappa shape index (κ3) is 4.41. The van der Waals surface area contributed by atoms with Gasteiger partial charge in [-0.1, -0.05) is 0 Å². The zero-order valence-corrected chi connectivity index (χ0v) is 10.3. The summed E-state index contributed by atoms with van der Waals surface area (Å²) in [5, 5.41) is 8.68. The molecule has 0 aliphatic rings. The lowest BCUT2D eigenvalue weighted by atomic mass is 10.2. The number of carbonyl (C=O) groups is 1. The standard InChI is InChI=1S/C10H14N2O4S/c1-7(2)11-17(15,16)12-9-5-3-8(4-6-9)10(13)14/h3-7,11-12H,1-2H3,(H,13,14). The minimum atomic E-state index is -3.61. The second kappa shape index (κ2) is 5.15. The van der Waals surface area contributed by atoms with Gasteiger partial charge in [0.1, 0.15) is 0 Å². The highest BCUT2D eigenvalue weighted by atomic mass is 32.2. The molecule has 6 nitrogen and oxygen atoms in total. The molecular weight excluding hydrogens is 244 g/mol. The molecule has 7 heteroatoms. The van der Waals surface area contributed by atoms with Crippen LogP contribution >= 0.6 is 0 Å². The van der Waals surface area contributed by atoms with E-state index in [1.165, 1.54) is 24.3 Å². The highest BCUT2D eigenvalue weighted by Gasteiger charge is 2.11. The second-order valence-electron chi connectivity index (χ2n) is 3.76. The molecule has 3 N–H and O–H groups in total. The Bertz CT molecular complexity index is 494. The van der Waals surface area contributed by atoms with E-state index >= 15 is 0 Å². The largest absolute Gasteiger partial charge is 0.478 e. The third-order valence-electron chi connectivity index (χ3n) is 1.77. The van der Waals surface area contributed by atoms with Crippen molar-refractivity contribution in [3.63, 3.8) is 0 Å². The summed E-state index contributed by atoms with van der Waals surface area (Å²) in [6.45, 7) is 3.40. The first kappa shape index (κ1) is 13.5. The maximum absolute atomic E-state index is 11.5. The van der Waals surface area contributed by atoms with Crippen LogP contribution in [0, 0.1) is 0 Å². The van der Waals surface area contributed by atoms with Gasteiger partial charge in [-0.15, -0.1) is 0 Å². The first-order valence-electron chi connectivity index (χ1n) is 4.93. The smallest absolute Gasteiger partial charge is 0.335 e. The van der Waals surface area contributed by atoms with Crippen molar-refractivity contribution in [3.05, 3.63) is 29.8 Å². The average Bonchev–Trinajstić information content (AvgIpc) is 2.15. The summed E-state index contributed by atoms with van der Waals surface area (Å²) in [5.74, 6) is -1.06. The quantitative estimate of drug-likeness (QED) is 0.735. The van der Waals surface area contributed by atoms with Crippen LogP contribution in [0.2, 0.25) is 0 Å². The molecule has 17 heavy (non-hydrogen) atoms. The third-order valence-corrected chi connectivity index (χ3v) is 3.06. The van der Waals surface area contributed by atoms with Crippen LogP contribution < -0.4 is 9.44 Å². The van der Waals surface area contributed by atoms with Crippen LogP contribution in [-0.2, 0) is 10.2 Å². The molecule has 0 aliphatic carbocycles. The van der Waals surface area contributed by atoms with Crippen LogP contribution in [0.15, 0.2) is 24.3 Å². The van der Waals surface area contributed by atoms with E-state index in [-0.39, 0.29) is 11.6 Å². The monoisotopic (exact) mass is 258 g/mol. The Morgan fingerprint density at radius 2 is 1.76 bits per heavy atom. The van der Waals surface area contributed by atoms with Gasteiger partial charge >= 0.3 is 5.97 Å². The average molecular weight is 258 g/mol. The molecule has 0 unspecified atom stereocenters. The van der Waals surface area contributed by atoms with Crippen LogP contribution in [-0.4, -0.2) is 25.5 Å². The van der Waals surface area contributed by atoms with Crippen molar-refractivity contribution in [1.29, 1.82) is 0 Å². The molecule has 0 aromatic heterocycles. The van der Waals surface area contributed by atoms with Crippen LogP contribution in [0.25, 0.3) is 0 Å². The normalized spacial score (nSPS) is 11.5. The van der Waals surface area contributed by atoms with Gasteiger partial charge in [0, 0.05) is 11.7 Å². The van der Waals surface area contributed by atoms with Gasteiger partial charge in [0.05, 0.1) is 5.56 Å². The molecule has 0 saturated heterocycles. The zero-order valence-electron chi connectivity index (χ0n) is 9.47. The van der Waals surface area contributed by atoms with Crippen molar-refractivity contribution in [2.24, 2.45) is 0 Å². The lowest BCUT2D eigenvalue weighted by Gasteiger charge is -2.11. The summed E-state index contributed by atoms with van der Waals surface area (Å²) >= 11 is 0. The van der Waals surface area contributed by atoms with Crippen molar-refractivity contribution in [1.82, 2.24) is 4.72 Å². The Balaban J connectivity index is 2.79. The number of hydrogen-bond donors (Lipinski definition) is 3. The first-order chi connectivity index (χ1) is 7.80. The van der Waals surface area contributed by atoms with E-state index in [2.05, 4.69) is 9.44 Å². The van der Waals surface area contributed by atoms with Crippen LogP contribution in [0.4, 0.5) is 5.69 Å². The summed E-state index contributed by atoms with van der Waals surface area (Å²) in [6, 6.07) is 5.22. The molecule has 94 valence electrons. The molecule has 0 radical (unpaired) electrons. The van der Waals surface area contributed by atoms with Crippen LogP contribution in [0.3, 0.4) is 0 Å². The first-order valence-corrected chi connectivity index (χ1v) is 6.42. The van der Waals surface area contributed by atoms with Gasteiger partial charge in [0.15, 0.2) is 0 Å². The fraction of sp³-hybridized carbons (Fsp3) is 0.300. The summed E-state index contributed by atoms with van der Waals surface area (Å²) < 4.78 is 27.6. The summed E-state index contributed by atoms with van der Waals surface area (Å²) in [6.07, 6.45) is 0. The van der Waals surface area contributed by atoms with E-state index in [9.17, 15) is 13.2 Å². The molecule has 0 heterocycles. The topological polar surface area (TPSA) is 95.5 Å². The second-order valence-corrected chi connectivity index (χ2v) is 5.21. The number of hydrogen-bond acceptors (Lipinski definition) is 3. The number of carboxylic acid groups (broad SMARTS) is 1.